The van der Waals surface area contributed by atoms with Gasteiger partial charge in [0, 0.05) is 49.2 Å². The second kappa shape index (κ2) is 7.59. The molecule has 27 heavy (non-hydrogen) atoms. The van der Waals surface area contributed by atoms with Crippen molar-refractivity contribution in [1.82, 2.24) is 9.97 Å². The van der Waals surface area contributed by atoms with Crippen molar-refractivity contribution in [1.29, 1.82) is 0 Å². The van der Waals surface area contributed by atoms with Crippen LogP contribution in [0.25, 0.3) is 10.9 Å². The number of anilines is 2. The van der Waals surface area contributed by atoms with Crippen LogP contribution < -0.4 is 15.3 Å². The molecule has 0 spiro atoms. The quantitative estimate of drug-likeness (QED) is 0.733. The van der Waals surface area contributed by atoms with Crippen molar-refractivity contribution in [2.45, 2.75) is 6.54 Å². The van der Waals surface area contributed by atoms with Crippen molar-refractivity contribution in [3.05, 3.63) is 60.0 Å². The highest BCUT2D eigenvalue weighted by Gasteiger charge is 2.17. The lowest BCUT2D eigenvalue weighted by Gasteiger charge is -2.30. The van der Waals surface area contributed by atoms with Crippen LogP contribution in [-0.2, 0) is 11.3 Å². The Morgan fingerprint density at radius 2 is 2.04 bits per heavy atom. The number of nitrogens with one attached hydrogen (secondary N) is 1. The van der Waals surface area contributed by atoms with Crippen molar-refractivity contribution in [3.8, 4) is 0 Å². The van der Waals surface area contributed by atoms with Crippen LogP contribution in [-0.4, -0.2) is 42.2 Å². The topological polar surface area (TPSA) is 90.4 Å². The van der Waals surface area contributed by atoms with Gasteiger partial charge in [-0.2, -0.15) is 0 Å². The molecule has 7 nitrogen and oxygen atoms in total. The van der Waals surface area contributed by atoms with Crippen LogP contribution >= 0.6 is 0 Å². The van der Waals surface area contributed by atoms with E-state index in [-0.39, 0.29) is 5.56 Å². The van der Waals surface area contributed by atoms with Crippen LogP contribution in [0, 0.1) is 0 Å². The minimum Gasteiger partial charge on any atom is -0.545 e. The maximum Gasteiger partial charge on any atom is 0.0956 e. The normalized spacial score (nSPS) is 14.3. The monoisotopic (exact) mass is 363 g/mol. The van der Waals surface area contributed by atoms with E-state index in [1.807, 2.05) is 30.3 Å². The maximum absolute atomic E-state index is 11.6. The van der Waals surface area contributed by atoms with E-state index in [2.05, 4.69) is 20.2 Å². The number of fused-ring (bicyclic) bond motifs is 1. The van der Waals surface area contributed by atoms with Crippen LogP contribution in [0.15, 0.2) is 48.9 Å². The van der Waals surface area contributed by atoms with Crippen LogP contribution in [0.2, 0.25) is 0 Å². The third kappa shape index (κ3) is 3.54. The number of aromatic nitrogens is 2. The number of hydrogen-bond acceptors (Lipinski definition) is 7. The zero-order valence-corrected chi connectivity index (χ0v) is 14.7. The fourth-order valence-electron chi connectivity index (χ4n) is 3.31. The molecule has 1 saturated heterocycles. The Balaban J connectivity index is 1.77. The summed E-state index contributed by atoms with van der Waals surface area (Å²) in [4.78, 5) is 22.4. The lowest BCUT2D eigenvalue weighted by molar-refractivity contribution is -0.254. The zero-order chi connectivity index (χ0) is 18.6. The standard InChI is InChI=1S/C20H20N4O3/c25-20(26)16-13-23-19-15(18(16)22-12-14-3-2-6-21-11-14)4-1-5-17(19)24-7-9-27-10-8-24/h1-6,11,13H,7-10,12H2,(H,22,23)(H,25,26)/p-1. The molecular formula is C20H19N4O3-. The van der Waals surface area contributed by atoms with Gasteiger partial charge in [-0.25, -0.2) is 0 Å². The fraction of sp³-hybridized carbons (Fsp3) is 0.250. The third-order valence-electron chi connectivity index (χ3n) is 4.64. The minimum atomic E-state index is -1.25. The molecular weight excluding hydrogens is 344 g/mol. The number of carboxylic acid groups (broad SMARTS) is 1. The van der Waals surface area contributed by atoms with Gasteiger partial charge in [0.25, 0.3) is 0 Å². The van der Waals surface area contributed by atoms with Crippen molar-refractivity contribution >= 4 is 28.2 Å². The highest BCUT2D eigenvalue weighted by Crippen LogP contribution is 2.32. The third-order valence-corrected chi connectivity index (χ3v) is 4.64. The molecule has 1 N–H and O–H groups in total. The number of morpholine rings is 1. The molecule has 1 aromatic carbocycles. The molecule has 4 rings (SSSR count). The van der Waals surface area contributed by atoms with Crippen molar-refractivity contribution < 1.29 is 14.6 Å². The molecule has 0 unspecified atom stereocenters. The Kier molecular flexibility index (Phi) is 4.84. The Morgan fingerprint density at radius 1 is 1.19 bits per heavy atom. The molecule has 0 amide bonds. The smallest absolute Gasteiger partial charge is 0.0956 e. The highest BCUT2D eigenvalue weighted by molar-refractivity contribution is 6.06. The predicted octanol–water partition coefficient (Wildman–Crippen LogP) is 1.44. The number of carbonyl (C=O) groups is 1. The molecule has 1 fully saturated rings. The second-order valence-corrected chi connectivity index (χ2v) is 6.32. The first-order valence-electron chi connectivity index (χ1n) is 8.82. The molecule has 2 aromatic heterocycles. The summed E-state index contributed by atoms with van der Waals surface area (Å²) in [6.07, 6.45) is 4.81. The molecule has 3 heterocycles. The van der Waals surface area contributed by atoms with Crippen LogP contribution in [0.4, 0.5) is 11.4 Å². The molecule has 0 atom stereocenters. The SMILES string of the molecule is O=C([O-])c1cnc2c(N3CCOCC3)cccc2c1NCc1cccnc1. The van der Waals surface area contributed by atoms with Gasteiger partial charge in [-0.3, -0.25) is 9.97 Å². The summed E-state index contributed by atoms with van der Waals surface area (Å²) in [6.45, 7) is 3.34. The Bertz CT molecular complexity index is 956. The average Bonchev–Trinajstić information content (AvgIpc) is 2.72. The molecule has 0 aliphatic carbocycles. The minimum absolute atomic E-state index is 0.0468. The largest absolute Gasteiger partial charge is 0.545 e. The molecule has 0 bridgehead atoms. The van der Waals surface area contributed by atoms with Gasteiger partial charge in [-0.05, 0) is 17.7 Å². The van der Waals surface area contributed by atoms with Crippen molar-refractivity contribution in [3.63, 3.8) is 0 Å². The number of rotatable bonds is 5. The van der Waals surface area contributed by atoms with Crippen LogP contribution in [0.5, 0.6) is 0 Å². The second-order valence-electron chi connectivity index (χ2n) is 6.32. The van der Waals surface area contributed by atoms with E-state index in [1.165, 1.54) is 6.20 Å². The van der Waals surface area contributed by atoms with E-state index in [9.17, 15) is 9.90 Å². The van der Waals surface area contributed by atoms with Crippen LogP contribution in [0.3, 0.4) is 0 Å². The zero-order valence-electron chi connectivity index (χ0n) is 14.7. The first kappa shape index (κ1) is 17.2. The van der Waals surface area contributed by atoms with Gasteiger partial charge in [0.15, 0.2) is 0 Å². The van der Waals surface area contributed by atoms with Crippen molar-refractivity contribution in [2.75, 3.05) is 36.5 Å². The Morgan fingerprint density at radius 3 is 2.78 bits per heavy atom. The summed E-state index contributed by atoms with van der Waals surface area (Å²) in [7, 11) is 0. The maximum atomic E-state index is 11.6. The Labute approximate surface area is 156 Å². The summed E-state index contributed by atoms with van der Waals surface area (Å²) in [5.41, 5.74) is 3.25. The number of aromatic carboxylic acids is 1. The van der Waals surface area contributed by atoms with Gasteiger partial charge < -0.3 is 24.9 Å². The van der Waals surface area contributed by atoms with E-state index in [0.29, 0.717) is 25.4 Å². The molecule has 1 aliphatic heterocycles. The predicted molar refractivity (Wildman–Crippen MR) is 101 cm³/mol. The Hall–Kier alpha value is -3.19. The fourth-order valence-corrected chi connectivity index (χ4v) is 3.31. The summed E-state index contributed by atoms with van der Waals surface area (Å²) < 4.78 is 5.43. The summed E-state index contributed by atoms with van der Waals surface area (Å²) in [6, 6.07) is 9.58. The molecule has 0 radical (unpaired) electrons. The number of carbonyl (C=O) groups excluding carboxylic acids is 1. The van der Waals surface area contributed by atoms with Gasteiger partial charge in [-0.15, -0.1) is 0 Å². The first-order valence-corrected chi connectivity index (χ1v) is 8.82. The van der Waals surface area contributed by atoms with Crippen molar-refractivity contribution in [2.24, 2.45) is 0 Å². The number of pyridine rings is 2. The molecule has 138 valence electrons. The molecule has 1 aliphatic rings. The summed E-state index contributed by atoms with van der Waals surface area (Å²) in [5, 5.41) is 15.6. The lowest BCUT2D eigenvalue weighted by atomic mass is 10.1. The van der Waals surface area contributed by atoms with E-state index in [0.717, 1.165) is 35.2 Å². The number of benzene rings is 1. The number of nitrogens with zero attached hydrogens (tertiary/aromatic N) is 3. The van der Waals surface area contributed by atoms with Gasteiger partial charge in [0.1, 0.15) is 0 Å². The van der Waals surface area contributed by atoms with Gasteiger partial charge in [0.05, 0.1) is 36.1 Å². The average molecular weight is 363 g/mol. The summed E-state index contributed by atoms with van der Waals surface area (Å²) in [5.74, 6) is -1.25. The number of para-hydroxylation sites is 1. The number of ether oxygens (including phenoxy) is 1. The number of carboxylic acids is 1. The van der Waals surface area contributed by atoms with E-state index >= 15 is 0 Å². The van der Waals surface area contributed by atoms with E-state index in [1.54, 1.807) is 12.4 Å². The first-order chi connectivity index (χ1) is 13.2. The highest BCUT2D eigenvalue weighted by atomic mass is 16.5. The molecule has 3 aromatic rings. The van der Waals surface area contributed by atoms with Gasteiger partial charge in [-0.1, -0.05) is 18.2 Å². The van der Waals surface area contributed by atoms with Gasteiger partial charge >= 0.3 is 0 Å². The number of hydrogen-bond donors (Lipinski definition) is 1. The van der Waals surface area contributed by atoms with E-state index in [4.69, 9.17) is 4.74 Å². The summed E-state index contributed by atoms with van der Waals surface area (Å²) >= 11 is 0. The van der Waals surface area contributed by atoms with Crippen LogP contribution in [0.1, 0.15) is 15.9 Å². The lowest BCUT2D eigenvalue weighted by Crippen LogP contribution is -2.36. The van der Waals surface area contributed by atoms with E-state index < -0.39 is 5.97 Å². The molecule has 0 saturated carbocycles. The molecule has 7 heteroatoms. The van der Waals surface area contributed by atoms with Gasteiger partial charge in [0.2, 0.25) is 0 Å².